The van der Waals surface area contributed by atoms with E-state index in [9.17, 15) is 4.79 Å². The lowest BCUT2D eigenvalue weighted by atomic mass is 10.3. The Hall–Kier alpha value is -0.610. The molecule has 96 valence electrons. The van der Waals surface area contributed by atoms with Gasteiger partial charge in [0.1, 0.15) is 0 Å². The molecule has 0 saturated carbocycles. The smallest absolute Gasteiger partial charge is 0.307 e. The standard InChI is InChI=1S/C11H22N2O2.CH4/c1-3-10-15-11(14)4-5-13-8-6-12(2)7-9-13;/h3-10H2,1-2H3;1H4. The molecule has 0 unspecified atom stereocenters. The second-order valence-corrected chi connectivity index (χ2v) is 4.12. The first-order valence-corrected chi connectivity index (χ1v) is 5.79. The van der Waals surface area contributed by atoms with Crippen molar-refractivity contribution in [3.05, 3.63) is 0 Å². The van der Waals surface area contributed by atoms with Crippen LogP contribution >= 0.6 is 0 Å². The number of hydrogen-bond acceptors (Lipinski definition) is 4. The molecule has 16 heavy (non-hydrogen) atoms. The van der Waals surface area contributed by atoms with Gasteiger partial charge in [0, 0.05) is 32.7 Å². The summed E-state index contributed by atoms with van der Waals surface area (Å²) in [5.74, 6) is -0.0595. The minimum atomic E-state index is -0.0595. The van der Waals surface area contributed by atoms with Crippen molar-refractivity contribution in [2.75, 3.05) is 46.4 Å². The lowest BCUT2D eigenvalue weighted by Gasteiger charge is -2.31. The Balaban J connectivity index is 0.00000225. The number of nitrogens with zero attached hydrogens (tertiary/aromatic N) is 2. The maximum atomic E-state index is 11.2. The van der Waals surface area contributed by atoms with Crippen LogP contribution in [0.1, 0.15) is 27.2 Å². The molecule has 0 amide bonds. The predicted molar refractivity (Wildman–Crippen MR) is 66.5 cm³/mol. The van der Waals surface area contributed by atoms with E-state index in [0.29, 0.717) is 13.0 Å². The minimum Gasteiger partial charge on any atom is -0.466 e. The van der Waals surface area contributed by atoms with Crippen molar-refractivity contribution in [2.24, 2.45) is 0 Å². The van der Waals surface area contributed by atoms with Crippen LogP contribution in [0.25, 0.3) is 0 Å². The van der Waals surface area contributed by atoms with Crippen molar-refractivity contribution < 1.29 is 9.53 Å². The molecule has 0 bridgehead atoms. The Labute approximate surface area is 99.5 Å². The van der Waals surface area contributed by atoms with Gasteiger partial charge < -0.3 is 14.5 Å². The van der Waals surface area contributed by atoms with Gasteiger partial charge in [-0.2, -0.15) is 0 Å². The van der Waals surface area contributed by atoms with E-state index in [1.54, 1.807) is 0 Å². The van der Waals surface area contributed by atoms with Crippen LogP contribution < -0.4 is 0 Å². The van der Waals surface area contributed by atoms with Gasteiger partial charge in [0.15, 0.2) is 0 Å². The highest BCUT2D eigenvalue weighted by atomic mass is 16.5. The highest BCUT2D eigenvalue weighted by Gasteiger charge is 2.14. The molecule has 4 heteroatoms. The molecule has 1 aliphatic heterocycles. The van der Waals surface area contributed by atoms with Crippen LogP contribution in [-0.2, 0) is 9.53 Å². The van der Waals surface area contributed by atoms with Crippen LogP contribution in [0.3, 0.4) is 0 Å². The van der Waals surface area contributed by atoms with Crippen molar-refractivity contribution in [2.45, 2.75) is 27.2 Å². The highest BCUT2D eigenvalue weighted by Crippen LogP contribution is 2.00. The van der Waals surface area contributed by atoms with Crippen LogP contribution in [0.15, 0.2) is 0 Å². The molecule has 0 atom stereocenters. The fraction of sp³-hybridized carbons (Fsp3) is 0.917. The Bertz CT molecular complexity index is 189. The fourth-order valence-electron chi connectivity index (χ4n) is 1.61. The van der Waals surface area contributed by atoms with Gasteiger partial charge in [-0.1, -0.05) is 14.4 Å². The summed E-state index contributed by atoms with van der Waals surface area (Å²) >= 11 is 0. The molecular weight excluding hydrogens is 204 g/mol. The van der Waals surface area contributed by atoms with Gasteiger partial charge in [-0.05, 0) is 13.5 Å². The molecule has 1 heterocycles. The maximum absolute atomic E-state index is 11.2. The summed E-state index contributed by atoms with van der Waals surface area (Å²) < 4.78 is 5.03. The average molecular weight is 230 g/mol. The largest absolute Gasteiger partial charge is 0.466 e. The van der Waals surface area contributed by atoms with Gasteiger partial charge in [0.05, 0.1) is 13.0 Å². The van der Waals surface area contributed by atoms with E-state index in [4.69, 9.17) is 4.74 Å². The minimum absolute atomic E-state index is 0. The summed E-state index contributed by atoms with van der Waals surface area (Å²) in [5, 5.41) is 0. The monoisotopic (exact) mass is 230 g/mol. The first kappa shape index (κ1) is 15.4. The Morgan fingerprint density at radius 3 is 2.44 bits per heavy atom. The SMILES string of the molecule is C.CCCOC(=O)CCN1CCN(C)CC1. The van der Waals surface area contributed by atoms with E-state index < -0.39 is 0 Å². The molecule has 1 rings (SSSR count). The van der Waals surface area contributed by atoms with Crippen molar-refractivity contribution in [1.82, 2.24) is 9.80 Å². The molecule has 0 aliphatic carbocycles. The summed E-state index contributed by atoms with van der Waals surface area (Å²) in [4.78, 5) is 15.9. The zero-order valence-corrected chi connectivity index (χ0v) is 9.87. The fourth-order valence-corrected chi connectivity index (χ4v) is 1.61. The highest BCUT2D eigenvalue weighted by molar-refractivity contribution is 5.69. The summed E-state index contributed by atoms with van der Waals surface area (Å²) in [5.41, 5.74) is 0. The first-order valence-electron chi connectivity index (χ1n) is 5.79. The van der Waals surface area contributed by atoms with Crippen LogP contribution in [0.2, 0.25) is 0 Å². The van der Waals surface area contributed by atoms with Gasteiger partial charge in [-0.3, -0.25) is 4.79 Å². The second kappa shape index (κ2) is 8.53. The van der Waals surface area contributed by atoms with E-state index >= 15 is 0 Å². The quantitative estimate of drug-likeness (QED) is 0.665. The van der Waals surface area contributed by atoms with Crippen molar-refractivity contribution >= 4 is 5.97 Å². The van der Waals surface area contributed by atoms with Crippen LogP contribution in [0, 0.1) is 0 Å². The Morgan fingerprint density at radius 2 is 1.88 bits per heavy atom. The molecule has 0 aromatic heterocycles. The van der Waals surface area contributed by atoms with Crippen molar-refractivity contribution in [3.8, 4) is 0 Å². The van der Waals surface area contributed by atoms with Gasteiger partial charge in [0.2, 0.25) is 0 Å². The Kier molecular flexibility index (Phi) is 8.21. The molecular formula is C12H26N2O2. The molecule has 1 saturated heterocycles. The van der Waals surface area contributed by atoms with Crippen LogP contribution in [-0.4, -0.2) is 62.1 Å². The van der Waals surface area contributed by atoms with E-state index in [1.807, 2.05) is 6.92 Å². The molecule has 1 fully saturated rings. The van der Waals surface area contributed by atoms with E-state index in [0.717, 1.165) is 39.1 Å². The number of rotatable bonds is 5. The molecule has 0 spiro atoms. The summed E-state index contributed by atoms with van der Waals surface area (Å²) in [6, 6.07) is 0. The molecule has 1 aliphatic rings. The molecule has 0 radical (unpaired) electrons. The topological polar surface area (TPSA) is 32.8 Å². The van der Waals surface area contributed by atoms with Crippen LogP contribution in [0.5, 0.6) is 0 Å². The zero-order valence-electron chi connectivity index (χ0n) is 9.87. The number of carbonyl (C=O) groups excluding carboxylic acids is 1. The third-order valence-corrected chi connectivity index (χ3v) is 2.70. The Morgan fingerprint density at radius 1 is 1.25 bits per heavy atom. The lowest BCUT2D eigenvalue weighted by molar-refractivity contribution is -0.144. The predicted octanol–water partition coefficient (Wildman–Crippen LogP) is 1.21. The van der Waals surface area contributed by atoms with Gasteiger partial charge in [0.25, 0.3) is 0 Å². The number of hydrogen-bond donors (Lipinski definition) is 0. The zero-order chi connectivity index (χ0) is 11.1. The molecule has 4 nitrogen and oxygen atoms in total. The second-order valence-electron chi connectivity index (χ2n) is 4.12. The summed E-state index contributed by atoms with van der Waals surface area (Å²) in [6.07, 6.45) is 1.43. The number of piperazine rings is 1. The molecule has 0 aromatic carbocycles. The van der Waals surface area contributed by atoms with Gasteiger partial charge in [-0.25, -0.2) is 0 Å². The summed E-state index contributed by atoms with van der Waals surface area (Å²) in [6.45, 7) is 7.74. The van der Waals surface area contributed by atoms with Crippen molar-refractivity contribution in [1.29, 1.82) is 0 Å². The van der Waals surface area contributed by atoms with Gasteiger partial charge >= 0.3 is 5.97 Å². The maximum Gasteiger partial charge on any atom is 0.307 e. The van der Waals surface area contributed by atoms with E-state index in [-0.39, 0.29) is 13.4 Å². The number of esters is 1. The lowest BCUT2D eigenvalue weighted by Crippen LogP contribution is -2.45. The number of likely N-dealkylation sites (N-methyl/N-ethyl adjacent to an activating group) is 1. The molecule has 0 aromatic rings. The third-order valence-electron chi connectivity index (χ3n) is 2.70. The van der Waals surface area contributed by atoms with E-state index in [2.05, 4.69) is 16.8 Å². The van der Waals surface area contributed by atoms with Gasteiger partial charge in [-0.15, -0.1) is 0 Å². The third kappa shape index (κ3) is 6.08. The summed E-state index contributed by atoms with van der Waals surface area (Å²) in [7, 11) is 2.13. The van der Waals surface area contributed by atoms with Crippen LogP contribution in [0.4, 0.5) is 0 Å². The number of carbonyl (C=O) groups is 1. The van der Waals surface area contributed by atoms with Crippen molar-refractivity contribution in [3.63, 3.8) is 0 Å². The molecule has 0 N–H and O–H groups in total. The first-order chi connectivity index (χ1) is 7.22. The normalized spacial score (nSPS) is 17.9. The number of ether oxygens (including phenoxy) is 1. The average Bonchev–Trinajstić information content (AvgIpc) is 2.25. The van der Waals surface area contributed by atoms with E-state index in [1.165, 1.54) is 0 Å².